The van der Waals surface area contributed by atoms with E-state index in [0.29, 0.717) is 5.69 Å². The van der Waals surface area contributed by atoms with Crippen molar-refractivity contribution in [1.82, 2.24) is 0 Å². The average molecular weight is 262 g/mol. The molecule has 0 aliphatic heterocycles. The minimum atomic E-state index is -0.569. The van der Waals surface area contributed by atoms with Gasteiger partial charge < -0.3 is 10.6 Å². The third kappa shape index (κ3) is 2.70. The number of halogens is 2. The van der Waals surface area contributed by atoms with Crippen LogP contribution in [0.1, 0.15) is 10.4 Å². The topological polar surface area (TPSA) is 46.3 Å². The zero-order valence-electron chi connectivity index (χ0n) is 10.2. The van der Waals surface area contributed by atoms with E-state index in [0.717, 1.165) is 6.07 Å². The van der Waals surface area contributed by atoms with E-state index < -0.39 is 5.82 Å². The first-order valence-electron chi connectivity index (χ1n) is 5.57. The molecule has 0 atom stereocenters. The summed E-state index contributed by atoms with van der Waals surface area (Å²) in [4.78, 5) is 13.5. The summed E-state index contributed by atoms with van der Waals surface area (Å²) in [6.07, 6.45) is 0. The van der Waals surface area contributed by atoms with Crippen molar-refractivity contribution in [1.29, 1.82) is 0 Å². The minimum absolute atomic E-state index is 0.0849. The molecule has 0 fully saturated rings. The number of benzene rings is 2. The zero-order valence-corrected chi connectivity index (χ0v) is 10.2. The van der Waals surface area contributed by atoms with Crippen molar-refractivity contribution in [2.24, 2.45) is 0 Å². The monoisotopic (exact) mass is 262 g/mol. The molecular formula is C14H12F2N2O. The first kappa shape index (κ1) is 13.0. The van der Waals surface area contributed by atoms with Crippen molar-refractivity contribution in [2.75, 3.05) is 17.7 Å². The van der Waals surface area contributed by atoms with Crippen LogP contribution >= 0.6 is 0 Å². The largest absolute Gasteiger partial charge is 0.396 e. The number of rotatable bonds is 2. The van der Waals surface area contributed by atoms with E-state index in [1.165, 1.54) is 41.3 Å². The summed E-state index contributed by atoms with van der Waals surface area (Å²) in [7, 11) is 1.55. The summed E-state index contributed by atoms with van der Waals surface area (Å²) >= 11 is 0. The fourth-order valence-corrected chi connectivity index (χ4v) is 1.65. The number of carbonyl (C=O) groups excluding carboxylic acids is 1. The predicted octanol–water partition coefficient (Wildman–Crippen LogP) is 2.82. The highest BCUT2D eigenvalue weighted by Gasteiger charge is 2.14. The van der Waals surface area contributed by atoms with Crippen molar-refractivity contribution >= 4 is 17.3 Å². The third-order valence-corrected chi connectivity index (χ3v) is 2.76. The summed E-state index contributed by atoms with van der Waals surface area (Å²) in [6, 6.07) is 9.27. The number of anilines is 2. The van der Waals surface area contributed by atoms with Crippen LogP contribution in [0.3, 0.4) is 0 Å². The lowest BCUT2D eigenvalue weighted by Crippen LogP contribution is -2.26. The van der Waals surface area contributed by atoms with Gasteiger partial charge in [0.2, 0.25) is 0 Å². The molecule has 2 aromatic rings. The maximum Gasteiger partial charge on any atom is 0.258 e. The normalized spacial score (nSPS) is 10.3. The molecule has 0 unspecified atom stereocenters. The molecule has 0 aliphatic rings. The molecule has 19 heavy (non-hydrogen) atoms. The number of nitrogens with two attached hydrogens (primary N) is 1. The van der Waals surface area contributed by atoms with Gasteiger partial charge in [-0.25, -0.2) is 8.78 Å². The molecule has 0 aromatic heterocycles. The van der Waals surface area contributed by atoms with Crippen LogP contribution in [0.5, 0.6) is 0 Å². The number of hydrogen-bond donors (Lipinski definition) is 1. The van der Waals surface area contributed by atoms with Gasteiger partial charge in [0.15, 0.2) is 0 Å². The van der Waals surface area contributed by atoms with Gasteiger partial charge >= 0.3 is 0 Å². The van der Waals surface area contributed by atoms with Crippen LogP contribution in [0.4, 0.5) is 20.2 Å². The zero-order chi connectivity index (χ0) is 14.0. The first-order chi connectivity index (χ1) is 8.99. The van der Waals surface area contributed by atoms with E-state index in [4.69, 9.17) is 5.73 Å². The molecule has 98 valence electrons. The summed E-state index contributed by atoms with van der Waals surface area (Å²) in [6.45, 7) is 0. The van der Waals surface area contributed by atoms with Crippen LogP contribution in [0, 0.1) is 11.6 Å². The smallest absolute Gasteiger partial charge is 0.258 e. The fraction of sp³-hybridized carbons (Fsp3) is 0.0714. The van der Waals surface area contributed by atoms with E-state index >= 15 is 0 Å². The molecule has 0 spiro atoms. The van der Waals surface area contributed by atoms with Gasteiger partial charge in [0.05, 0.1) is 5.69 Å². The molecule has 0 heterocycles. The second kappa shape index (κ2) is 5.06. The van der Waals surface area contributed by atoms with Crippen molar-refractivity contribution < 1.29 is 13.6 Å². The van der Waals surface area contributed by atoms with Crippen LogP contribution in [-0.4, -0.2) is 13.0 Å². The molecule has 2 rings (SSSR count). The van der Waals surface area contributed by atoms with Crippen molar-refractivity contribution in [3.63, 3.8) is 0 Å². The van der Waals surface area contributed by atoms with Gasteiger partial charge in [-0.1, -0.05) is 0 Å². The summed E-state index contributed by atoms with van der Waals surface area (Å²) in [5.41, 5.74) is 6.14. The van der Waals surface area contributed by atoms with E-state index in [1.807, 2.05) is 0 Å². The predicted molar refractivity (Wildman–Crippen MR) is 69.9 cm³/mol. The summed E-state index contributed by atoms with van der Waals surface area (Å²) in [5.74, 6) is -1.30. The van der Waals surface area contributed by atoms with E-state index in [-0.39, 0.29) is 23.0 Å². The van der Waals surface area contributed by atoms with Gasteiger partial charge in [-0.15, -0.1) is 0 Å². The van der Waals surface area contributed by atoms with Crippen LogP contribution in [0.15, 0.2) is 42.5 Å². The highest BCUT2D eigenvalue weighted by Crippen LogP contribution is 2.18. The maximum absolute atomic E-state index is 13.0. The lowest BCUT2D eigenvalue weighted by atomic mass is 10.1. The van der Waals surface area contributed by atoms with Crippen molar-refractivity contribution in [2.45, 2.75) is 0 Å². The molecule has 0 bridgehead atoms. The number of amides is 1. The van der Waals surface area contributed by atoms with E-state index in [9.17, 15) is 13.6 Å². The fourth-order valence-electron chi connectivity index (χ4n) is 1.65. The van der Waals surface area contributed by atoms with E-state index in [2.05, 4.69) is 0 Å². The molecule has 3 nitrogen and oxygen atoms in total. The van der Waals surface area contributed by atoms with Crippen LogP contribution in [0.25, 0.3) is 0 Å². The average Bonchev–Trinajstić information content (AvgIpc) is 2.41. The third-order valence-electron chi connectivity index (χ3n) is 2.76. The Morgan fingerprint density at radius 2 is 1.74 bits per heavy atom. The highest BCUT2D eigenvalue weighted by atomic mass is 19.1. The van der Waals surface area contributed by atoms with Crippen LogP contribution in [-0.2, 0) is 0 Å². The lowest BCUT2D eigenvalue weighted by molar-refractivity contribution is 0.0993. The molecular weight excluding hydrogens is 250 g/mol. The Kier molecular flexibility index (Phi) is 3.46. The standard InChI is InChI=1S/C14H12F2N2O/c1-18(11-5-3-10(15)4-6-11)14(19)9-2-7-12(16)13(17)8-9/h2-8H,17H2,1H3. The van der Waals surface area contributed by atoms with Crippen LogP contribution in [0.2, 0.25) is 0 Å². The van der Waals surface area contributed by atoms with Gasteiger partial charge in [-0.05, 0) is 42.5 Å². The quantitative estimate of drug-likeness (QED) is 0.846. The van der Waals surface area contributed by atoms with Crippen molar-refractivity contribution in [3.8, 4) is 0 Å². The summed E-state index contributed by atoms with van der Waals surface area (Å²) in [5, 5.41) is 0. The van der Waals surface area contributed by atoms with Crippen LogP contribution < -0.4 is 10.6 Å². The molecule has 1 amide bonds. The Labute approximate surface area is 109 Å². The lowest BCUT2D eigenvalue weighted by Gasteiger charge is -2.17. The Morgan fingerprint density at radius 1 is 1.11 bits per heavy atom. The number of nitrogens with zero attached hydrogens (tertiary/aromatic N) is 1. The van der Waals surface area contributed by atoms with Gasteiger partial charge in [0, 0.05) is 18.3 Å². The second-order valence-electron chi connectivity index (χ2n) is 4.08. The number of hydrogen-bond acceptors (Lipinski definition) is 2. The first-order valence-corrected chi connectivity index (χ1v) is 5.57. The van der Waals surface area contributed by atoms with Crippen molar-refractivity contribution in [3.05, 3.63) is 59.7 Å². The van der Waals surface area contributed by atoms with Gasteiger partial charge in [0.1, 0.15) is 11.6 Å². The van der Waals surface area contributed by atoms with E-state index in [1.54, 1.807) is 7.05 Å². The SMILES string of the molecule is CN(C(=O)c1ccc(F)c(N)c1)c1ccc(F)cc1. The maximum atomic E-state index is 13.0. The Hall–Kier alpha value is -2.43. The summed E-state index contributed by atoms with van der Waals surface area (Å²) < 4.78 is 25.8. The molecule has 0 saturated heterocycles. The molecule has 2 N–H and O–H groups in total. The molecule has 0 saturated carbocycles. The number of nitrogen functional groups attached to an aromatic ring is 1. The van der Waals surface area contributed by atoms with Gasteiger partial charge in [-0.3, -0.25) is 4.79 Å². The highest BCUT2D eigenvalue weighted by molar-refractivity contribution is 6.06. The Balaban J connectivity index is 2.28. The second-order valence-corrected chi connectivity index (χ2v) is 4.08. The van der Waals surface area contributed by atoms with Gasteiger partial charge in [0.25, 0.3) is 5.91 Å². The molecule has 0 aliphatic carbocycles. The molecule has 5 heteroatoms. The minimum Gasteiger partial charge on any atom is -0.396 e. The molecule has 0 radical (unpaired) electrons. The van der Waals surface area contributed by atoms with Gasteiger partial charge in [-0.2, -0.15) is 0 Å². The molecule has 2 aromatic carbocycles. The Morgan fingerprint density at radius 3 is 2.32 bits per heavy atom. The number of carbonyl (C=O) groups is 1. The Bertz CT molecular complexity index is 611.